The SMILES string of the molecule is CCCC(=O)CCCc1cc(Cl)c(OC)c(Cl)c1. The molecule has 0 fully saturated rings. The first-order chi connectivity index (χ1) is 8.58. The van der Waals surface area contributed by atoms with Crippen molar-refractivity contribution >= 4 is 29.0 Å². The maximum Gasteiger partial charge on any atom is 0.156 e. The van der Waals surface area contributed by atoms with Crippen molar-refractivity contribution in [2.24, 2.45) is 0 Å². The first kappa shape index (κ1) is 15.3. The van der Waals surface area contributed by atoms with Crippen LogP contribution < -0.4 is 4.74 Å². The molecule has 0 bridgehead atoms. The lowest BCUT2D eigenvalue weighted by Gasteiger charge is -2.08. The first-order valence-corrected chi connectivity index (χ1v) is 6.87. The summed E-state index contributed by atoms with van der Waals surface area (Å²) in [6.07, 6.45) is 3.84. The zero-order valence-electron chi connectivity index (χ0n) is 10.8. The first-order valence-electron chi connectivity index (χ1n) is 6.12. The molecule has 0 amide bonds. The lowest BCUT2D eigenvalue weighted by molar-refractivity contribution is -0.119. The monoisotopic (exact) mass is 288 g/mol. The molecule has 100 valence electrons. The Morgan fingerprint density at radius 3 is 2.33 bits per heavy atom. The van der Waals surface area contributed by atoms with Gasteiger partial charge in [0.2, 0.25) is 0 Å². The van der Waals surface area contributed by atoms with Gasteiger partial charge >= 0.3 is 0 Å². The van der Waals surface area contributed by atoms with Crippen LogP contribution in [0.15, 0.2) is 12.1 Å². The second-order valence-electron chi connectivity index (χ2n) is 4.23. The zero-order valence-corrected chi connectivity index (χ0v) is 12.3. The van der Waals surface area contributed by atoms with Crippen LogP contribution in [-0.4, -0.2) is 12.9 Å². The highest BCUT2D eigenvalue weighted by Crippen LogP contribution is 2.34. The fourth-order valence-corrected chi connectivity index (χ4v) is 2.53. The molecule has 1 aromatic rings. The minimum atomic E-state index is 0.322. The van der Waals surface area contributed by atoms with E-state index in [0.29, 0.717) is 34.4 Å². The van der Waals surface area contributed by atoms with Gasteiger partial charge in [-0.2, -0.15) is 0 Å². The van der Waals surface area contributed by atoms with Gasteiger partial charge in [-0.15, -0.1) is 0 Å². The fraction of sp³-hybridized carbons (Fsp3) is 0.500. The van der Waals surface area contributed by atoms with E-state index >= 15 is 0 Å². The van der Waals surface area contributed by atoms with Crippen molar-refractivity contribution in [3.63, 3.8) is 0 Å². The van der Waals surface area contributed by atoms with Crippen LogP contribution in [0.25, 0.3) is 0 Å². The normalized spacial score (nSPS) is 10.4. The second-order valence-corrected chi connectivity index (χ2v) is 5.05. The lowest BCUT2D eigenvalue weighted by Crippen LogP contribution is -1.98. The Labute approximate surface area is 118 Å². The third-order valence-corrected chi connectivity index (χ3v) is 3.27. The van der Waals surface area contributed by atoms with Crippen LogP contribution in [0.5, 0.6) is 5.75 Å². The zero-order chi connectivity index (χ0) is 13.5. The van der Waals surface area contributed by atoms with Gasteiger partial charge in [-0.05, 0) is 37.0 Å². The number of methoxy groups -OCH3 is 1. The Morgan fingerprint density at radius 1 is 1.22 bits per heavy atom. The summed E-state index contributed by atoms with van der Waals surface area (Å²) in [5.74, 6) is 0.826. The molecule has 0 saturated carbocycles. The number of aryl methyl sites for hydroxylation is 1. The van der Waals surface area contributed by atoms with Crippen molar-refractivity contribution < 1.29 is 9.53 Å². The van der Waals surface area contributed by atoms with E-state index in [-0.39, 0.29) is 0 Å². The van der Waals surface area contributed by atoms with Crippen LogP contribution in [0.3, 0.4) is 0 Å². The van der Waals surface area contributed by atoms with Crippen molar-refractivity contribution in [2.75, 3.05) is 7.11 Å². The Hall–Kier alpha value is -0.730. The van der Waals surface area contributed by atoms with E-state index < -0.39 is 0 Å². The molecule has 2 nitrogen and oxygen atoms in total. The quantitative estimate of drug-likeness (QED) is 0.727. The van der Waals surface area contributed by atoms with Crippen molar-refractivity contribution in [1.29, 1.82) is 0 Å². The minimum absolute atomic E-state index is 0.322. The average molecular weight is 289 g/mol. The Kier molecular flexibility index (Phi) is 6.51. The van der Waals surface area contributed by atoms with Crippen molar-refractivity contribution in [3.8, 4) is 5.75 Å². The molecule has 0 saturated heterocycles. The number of carbonyl (C=O) groups is 1. The molecule has 0 heterocycles. The smallest absolute Gasteiger partial charge is 0.156 e. The predicted molar refractivity (Wildman–Crippen MR) is 75.9 cm³/mol. The van der Waals surface area contributed by atoms with Gasteiger partial charge in [0, 0.05) is 12.8 Å². The number of Topliss-reactive ketones (excluding diaryl/α,β-unsaturated/α-hetero) is 1. The van der Waals surface area contributed by atoms with Crippen molar-refractivity contribution in [1.82, 2.24) is 0 Å². The summed E-state index contributed by atoms with van der Waals surface area (Å²) >= 11 is 12.1. The predicted octanol–water partition coefficient (Wildman–Crippen LogP) is 4.69. The average Bonchev–Trinajstić information content (AvgIpc) is 2.29. The molecule has 0 aromatic heterocycles. The minimum Gasteiger partial charge on any atom is -0.494 e. The summed E-state index contributed by atoms with van der Waals surface area (Å²) < 4.78 is 5.09. The van der Waals surface area contributed by atoms with Gasteiger partial charge in [0.1, 0.15) is 5.78 Å². The Morgan fingerprint density at radius 2 is 1.83 bits per heavy atom. The number of ether oxygens (including phenoxy) is 1. The summed E-state index contributed by atoms with van der Waals surface area (Å²) in [4.78, 5) is 11.4. The van der Waals surface area contributed by atoms with E-state index in [1.165, 1.54) is 7.11 Å². The molecule has 0 atom stereocenters. The maximum absolute atomic E-state index is 11.4. The lowest BCUT2D eigenvalue weighted by atomic mass is 10.0. The molecule has 0 radical (unpaired) electrons. The molecule has 0 unspecified atom stereocenters. The largest absolute Gasteiger partial charge is 0.494 e. The van der Waals surface area contributed by atoms with Gasteiger partial charge in [0.05, 0.1) is 17.2 Å². The number of hydrogen-bond acceptors (Lipinski definition) is 2. The van der Waals surface area contributed by atoms with E-state index in [1.54, 1.807) is 0 Å². The molecule has 4 heteroatoms. The number of halogens is 2. The molecule has 1 aromatic carbocycles. The molecular weight excluding hydrogens is 271 g/mol. The van der Waals surface area contributed by atoms with Gasteiger partial charge in [-0.1, -0.05) is 30.1 Å². The van der Waals surface area contributed by atoms with E-state index in [2.05, 4.69) is 0 Å². The van der Waals surface area contributed by atoms with E-state index in [0.717, 1.165) is 24.8 Å². The molecular formula is C14H18Cl2O2. The van der Waals surface area contributed by atoms with Crippen molar-refractivity contribution in [2.45, 2.75) is 39.0 Å². The number of carbonyl (C=O) groups excluding carboxylic acids is 1. The summed E-state index contributed by atoms with van der Waals surface area (Å²) in [7, 11) is 1.54. The standard InChI is InChI=1S/C14H18Cl2O2/c1-3-5-11(17)7-4-6-10-8-12(15)14(18-2)13(16)9-10/h8-9H,3-7H2,1-2H3. The van der Waals surface area contributed by atoms with Crippen LogP contribution >= 0.6 is 23.2 Å². The molecule has 0 aliphatic heterocycles. The fourth-order valence-electron chi connectivity index (χ4n) is 1.85. The van der Waals surface area contributed by atoms with Crippen molar-refractivity contribution in [3.05, 3.63) is 27.7 Å². The molecule has 18 heavy (non-hydrogen) atoms. The summed E-state index contributed by atoms with van der Waals surface area (Å²) in [6.45, 7) is 2.01. The highest BCUT2D eigenvalue weighted by Gasteiger charge is 2.09. The van der Waals surface area contributed by atoms with Gasteiger partial charge in [0.15, 0.2) is 5.75 Å². The Balaban J connectivity index is 2.56. The van der Waals surface area contributed by atoms with Gasteiger partial charge < -0.3 is 4.74 Å². The summed E-state index contributed by atoms with van der Waals surface area (Å²) in [5, 5.41) is 1.03. The second kappa shape index (κ2) is 7.65. The van der Waals surface area contributed by atoms with E-state index in [4.69, 9.17) is 27.9 Å². The molecule has 0 spiro atoms. The van der Waals surface area contributed by atoms with Crippen LogP contribution in [0.1, 0.15) is 38.2 Å². The third kappa shape index (κ3) is 4.51. The number of benzene rings is 1. The third-order valence-electron chi connectivity index (χ3n) is 2.71. The van der Waals surface area contributed by atoms with Gasteiger partial charge in [0.25, 0.3) is 0 Å². The molecule has 0 aliphatic rings. The van der Waals surface area contributed by atoms with Crippen LogP contribution in [0.2, 0.25) is 10.0 Å². The van der Waals surface area contributed by atoms with Crippen LogP contribution in [0, 0.1) is 0 Å². The van der Waals surface area contributed by atoms with Gasteiger partial charge in [-0.3, -0.25) is 4.79 Å². The summed E-state index contributed by atoms with van der Waals surface area (Å²) in [5.41, 5.74) is 1.04. The number of ketones is 1. The van der Waals surface area contributed by atoms with E-state index in [1.807, 2.05) is 19.1 Å². The van der Waals surface area contributed by atoms with E-state index in [9.17, 15) is 4.79 Å². The number of rotatable bonds is 7. The Bertz CT molecular complexity index is 393. The highest BCUT2D eigenvalue weighted by atomic mass is 35.5. The van der Waals surface area contributed by atoms with Crippen LogP contribution in [-0.2, 0) is 11.2 Å². The maximum atomic E-state index is 11.4. The topological polar surface area (TPSA) is 26.3 Å². The van der Waals surface area contributed by atoms with Gasteiger partial charge in [-0.25, -0.2) is 0 Å². The molecule has 1 rings (SSSR count). The van der Waals surface area contributed by atoms with Crippen LogP contribution in [0.4, 0.5) is 0 Å². The number of hydrogen-bond donors (Lipinski definition) is 0. The molecule has 0 aliphatic carbocycles. The highest BCUT2D eigenvalue weighted by molar-refractivity contribution is 6.37. The molecule has 0 N–H and O–H groups in total. The summed E-state index contributed by atoms with van der Waals surface area (Å²) in [6, 6.07) is 3.69.